The maximum absolute atomic E-state index is 13.0. The van der Waals surface area contributed by atoms with Gasteiger partial charge >= 0.3 is 5.97 Å². The number of nitrogens with one attached hydrogen (secondary N) is 1. The maximum Gasteiger partial charge on any atom is 0.342 e. The number of hydrogen-bond donors (Lipinski definition) is 1. The Morgan fingerprint density at radius 1 is 1.22 bits per heavy atom. The fourth-order valence-electron chi connectivity index (χ4n) is 4.14. The fourth-order valence-corrected chi connectivity index (χ4v) is 5.68. The van der Waals surface area contributed by atoms with E-state index in [1.807, 2.05) is 25.3 Å². The molecule has 1 aromatic carbocycles. The molecule has 1 N–H and O–H groups in total. The molecule has 1 aliphatic rings. The third kappa shape index (κ3) is 4.16. The van der Waals surface area contributed by atoms with Gasteiger partial charge < -0.3 is 9.30 Å². The maximum atomic E-state index is 13.0. The minimum absolute atomic E-state index is 0.0156. The van der Waals surface area contributed by atoms with Gasteiger partial charge in [-0.3, -0.25) is 5.10 Å². The van der Waals surface area contributed by atoms with Gasteiger partial charge in [0.25, 0.3) is 0 Å². The number of aromatic amines is 1. The van der Waals surface area contributed by atoms with Gasteiger partial charge in [0.2, 0.25) is 10.0 Å². The summed E-state index contributed by atoms with van der Waals surface area (Å²) in [6.45, 7) is 7.61. The molecule has 0 amide bonds. The van der Waals surface area contributed by atoms with Crippen LogP contribution >= 0.6 is 0 Å². The number of carbonyl (C=O) groups is 1. The minimum Gasteiger partial charge on any atom is -0.454 e. The average molecular weight is 460 g/mol. The van der Waals surface area contributed by atoms with Crippen LogP contribution in [0.25, 0.3) is 11.0 Å². The van der Waals surface area contributed by atoms with Gasteiger partial charge in [-0.25, -0.2) is 18.2 Å². The molecule has 0 radical (unpaired) electrons. The molecule has 172 valence electrons. The molecule has 1 fully saturated rings. The van der Waals surface area contributed by atoms with Crippen molar-refractivity contribution in [1.29, 1.82) is 0 Å². The third-order valence-electron chi connectivity index (χ3n) is 5.87. The summed E-state index contributed by atoms with van der Waals surface area (Å²) in [7, 11) is -3.54. The van der Waals surface area contributed by atoms with Crippen molar-refractivity contribution >= 4 is 27.0 Å². The number of sulfonamides is 1. The Morgan fingerprint density at radius 3 is 2.66 bits per heavy atom. The summed E-state index contributed by atoms with van der Waals surface area (Å²) < 4.78 is 35.1. The van der Waals surface area contributed by atoms with Crippen LogP contribution in [0, 0.1) is 0 Å². The number of aromatic nitrogens is 4. The number of hydrogen-bond acceptors (Lipinski definition) is 6. The quantitative estimate of drug-likeness (QED) is 0.542. The number of ether oxygens (including phenoxy) is 1. The standard InChI is InChI=1S/C22H29N5O4S/c1-4-27-19-9-8-16(32(29,30)26-10-6-5-7-11-26)12-18(19)24-20(27)14-31-22(28)17-13-23-25-21(17)15(2)3/h8-9,12-13,15H,4-7,10-11,14H2,1-3H3,(H,23,25). The average Bonchev–Trinajstić information content (AvgIpc) is 3.42. The van der Waals surface area contributed by atoms with E-state index in [4.69, 9.17) is 4.74 Å². The van der Waals surface area contributed by atoms with Crippen molar-refractivity contribution in [2.24, 2.45) is 0 Å². The summed E-state index contributed by atoms with van der Waals surface area (Å²) >= 11 is 0. The Balaban J connectivity index is 1.59. The van der Waals surface area contributed by atoms with E-state index in [2.05, 4.69) is 15.2 Å². The van der Waals surface area contributed by atoms with Gasteiger partial charge in [0, 0.05) is 19.6 Å². The van der Waals surface area contributed by atoms with E-state index < -0.39 is 16.0 Å². The summed E-state index contributed by atoms with van der Waals surface area (Å²) in [6, 6.07) is 5.03. The zero-order valence-corrected chi connectivity index (χ0v) is 19.5. The molecule has 2 aromatic heterocycles. The Morgan fingerprint density at radius 2 is 1.97 bits per heavy atom. The molecule has 0 unspecified atom stereocenters. The highest BCUT2D eigenvalue weighted by atomic mass is 32.2. The van der Waals surface area contributed by atoms with Crippen LogP contribution < -0.4 is 0 Å². The number of fused-ring (bicyclic) bond motifs is 1. The first-order chi connectivity index (χ1) is 15.3. The summed E-state index contributed by atoms with van der Waals surface area (Å²) in [5.74, 6) is 0.212. The lowest BCUT2D eigenvalue weighted by atomic mass is 10.1. The van der Waals surface area contributed by atoms with Gasteiger partial charge in [-0.2, -0.15) is 9.40 Å². The number of H-pyrrole nitrogens is 1. The first-order valence-corrected chi connectivity index (χ1v) is 12.5. The van der Waals surface area contributed by atoms with Crippen molar-refractivity contribution in [3.8, 4) is 0 Å². The third-order valence-corrected chi connectivity index (χ3v) is 7.76. The Bertz CT molecular complexity index is 1220. The van der Waals surface area contributed by atoms with E-state index in [1.54, 1.807) is 22.5 Å². The number of esters is 1. The number of carbonyl (C=O) groups excluding carboxylic acids is 1. The molecule has 0 aliphatic carbocycles. The summed E-state index contributed by atoms with van der Waals surface area (Å²) in [5.41, 5.74) is 2.52. The molecule has 0 atom stereocenters. The molecule has 1 aliphatic heterocycles. The van der Waals surface area contributed by atoms with Crippen molar-refractivity contribution < 1.29 is 17.9 Å². The van der Waals surface area contributed by atoms with Gasteiger partial charge in [-0.15, -0.1) is 0 Å². The molecule has 4 rings (SSSR count). The fraction of sp³-hybridized carbons (Fsp3) is 0.500. The lowest BCUT2D eigenvalue weighted by molar-refractivity contribution is 0.0457. The van der Waals surface area contributed by atoms with Crippen LogP contribution in [0.15, 0.2) is 29.3 Å². The number of rotatable bonds is 7. The van der Waals surface area contributed by atoms with Crippen LogP contribution in [-0.2, 0) is 27.9 Å². The topological polar surface area (TPSA) is 110 Å². The second kappa shape index (κ2) is 9.03. The van der Waals surface area contributed by atoms with Crippen LogP contribution in [0.5, 0.6) is 0 Å². The Kier molecular flexibility index (Phi) is 6.34. The molecule has 1 saturated heterocycles. The van der Waals surface area contributed by atoms with Gasteiger partial charge in [0.05, 0.1) is 27.8 Å². The minimum atomic E-state index is -3.54. The number of nitrogens with zero attached hydrogens (tertiary/aromatic N) is 4. The number of imidazole rings is 1. The largest absolute Gasteiger partial charge is 0.454 e. The highest BCUT2D eigenvalue weighted by Crippen LogP contribution is 2.25. The van der Waals surface area contributed by atoms with E-state index in [1.165, 1.54) is 6.20 Å². The molecule has 9 nitrogen and oxygen atoms in total. The van der Waals surface area contributed by atoms with Gasteiger partial charge in [0.15, 0.2) is 0 Å². The summed E-state index contributed by atoms with van der Waals surface area (Å²) in [6.07, 6.45) is 4.30. The molecular formula is C22H29N5O4S. The van der Waals surface area contributed by atoms with E-state index in [0.717, 1.165) is 30.5 Å². The highest BCUT2D eigenvalue weighted by Gasteiger charge is 2.27. The molecule has 3 aromatic rings. The lowest BCUT2D eigenvalue weighted by Crippen LogP contribution is -2.35. The Labute approximate surface area is 187 Å². The van der Waals surface area contributed by atoms with Gasteiger partial charge in [0.1, 0.15) is 18.0 Å². The van der Waals surface area contributed by atoms with Gasteiger partial charge in [-0.05, 0) is 43.9 Å². The predicted molar refractivity (Wildman–Crippen MR) is 120 cm³/mol. The summed E-state index contributed by atoms with van der Waals surface area (Å²) in [4.78, 5) is 17.4. The van der Waals surface area contributed by atoms with Crippen molar-refractivity contribution in [1.82, 2.24) is 24.1 Å². The van der Waals surface area contributed by atoms with Crippen LogP contribution in [0.1, 0.15) is 67.8 Å². The van der Waals surface area contributed by atoms with Crippen molar-refractivity contribution in [2.45, 2.75) is 64.0 Å². The molecule has 0 spiro atoms. The second-order valence-corrected chi connectivity index (χ2v) is 10.3. The molecular weight excluding hydrogens is 430 g/mol. The van der Waals surface area contributed by atoms with Crippen molar-refractivity contribution in [3.05, 3.63) is 41.5 Å². The van der Waals surface area contributed by atoms with Crippen LogP contribution in [0.4, 0.5) is 0 Å². The second-order valence-electron chi connectivity index (χ2n) is 8.32. The van der Waals surface area contributed by atoms with E-state index in [0.29, 0.717) is 36.5 Å². The molecule has 32 heavy (non-hydrogen) atoms. The van der Waals surface area contributed by atoms with Crippen LogP contribution in [-0.4, -0.2) is 51.5 Å². The molecule has 0 bridgehead atoms. The normalized spacial score (nSPS) is 15.5. The molecule has 3 heterocycles. The number of aryl methyl sites for hydroxylation is 1. The first kappa shape index (κ1) is 22.5. The predicted octanol–water partition coefficient (Wildman–Crippen LogP) is 3.43. The monoisotopic (exact) mass is 459 g/mol. The summed E-state index contributed by atoms with van der Waals surface area (Å²) in [5, 5.41) is 6.79. The zero-order valence-electron chi connectivity index (χ0n) is 18.7. The van der Waals surface area contributed by atoms with Crippen molar-refractivity contribution in [2.75, 3.05) is 13.1 Å². The van der Waals surface area contributed by atoms with Gasteiger partial charge in [-0.1, -0.05) is 20.3 Å². The lowest BCUT2D eigenvalue weighted by Gasteiger charge is -2.25. The van der Waals surface area contributed by atoms with Crippen LogP contribution in [0.2, 0.25) is 0 Å². The smallest absolute Gasteiger partial charge is 0.342 e. The Hall–Kier alpha value is -2.72. The highest BCUT2D eigenvalue weighted by molar-refractivity contribution is 7.89. The first-order valence-electron chi connectivity index (χ1n) is 11.0. The van der Waals surface area contributed by atoms with E-state index in [-0.39, 0.29) is 17.4 Å². The SMILES string of the molecule is CCn1c(COC(=O)c2cn[nH]c2C(C)C)nc2cc(S(=O)(=O)N3CCCCC3)ccc21. The number of piperidine rings is 1. The van der Waals surface area contributed by atoms with E-state index in [9.17, 15) is 13.2 Å². The zero-order chi connectivity index (χ0) is 22.9. The van der Waals surface area contributed by atoms with Crippen molar-refractivity contribution in [3.63, 3.8) is 0 Å². The molecule has 0 saturated carbocycles. The molecule has 10 heteroatoms. The van der Waals surface area contributed by atoms with E-state index >= 15 is 0 Å². The number of benzene rings is 1. The van der Waals surface area contributed by atoms with Crippen LogP contribution in [0.3, 0.4) is 0 Å².